The highest BCUT2D eigenvalue weighted by Gasteiger charge is 2.06. The van der Waals surface area contributed by atoms with Crippen molar-refractivity contribution in [2.24, 2.45) is 0 Å². The fraction of sp³-hybridized carbons (Fsp3) is 0.143. The van der Waals surface area contributed by atoms with Gasteiger partial charge in [0.1, 0.15) is 0 Å². The lowest BCUT2D eigenvalue weighted by Crippen LogP contribution is -1.96. The van der Waals surface area contributed by atoms with Crippen LogP contribution in [0.2, 0.25) is 0 Å². The van der Waals surface area contributed by atoms with E-state index in [0.29, 0.717) is 0 Å². The molecule has 0 saturated heterocycles. The summed E-state index contributed by atoms with van der Waals surface area (Å²) >= 11 is 2.23. The van der Waals surface area contributed by atoms with E-state index in [2.05, 4.69) is 22.6 Å². The molecule has 0 aliphatic carbocycles. The minimum atomic E-state index is -4.02. The van der Waals surface area contributed by atoms with E-state index in [0.717, 1.165) is 11.1 Å². The van der Waals surface area contributed by atoms with Gasteiger partial charge in [-0.2, -0.15) is 8.42 Å². The van der Waals surface area contributed by atoms with Crippen molar-refractivity contribution >= 4 is 32.7 Å². The third-order valence-corrected chi connectivity index (χ3v) is 4.00. The molecule has 0 aromatic heterocycles. The Hall–Kier alpha value is -0.960. The van der Waals surface area contributed by atoms with Gasteiger partial charge in [-0.25, -0.2) is 0 Å². The summed E-state index contributed by atoms with van der Waals surface area (Å²) in [6.07, 6.45) is 0. The molecule has 0 bridgehead atoms. The van der Waals surface area contributed by atoms with E-state index in [-0.39, 0.29) is 11.5 Å². The van der Waals surface area contributed by atoms with Gasteiger partial charge in [-0.3, -0.25) is 4.55 Å². The van der Waals surface area contributed by atoms with Crippen LogP contribution in [-0.2, 0) is 16.7 Å². The maximum absolute atomic E-state index is 10.5. The molecule has 0 fully saturated rings. The minimum absolute atomic E-state index is 0.0666. The predicted molar refractivity (Wildman–Crippen MR) is 86.1 cm³/mol. The summed E-state index contributed by atoms with van der Waals surface area (Å²) in [5, 5.41) is 8.63. The maximum atomic E-state index is 10.5. The van der Waals surface area contributed by atoms with Crippen LogP contribution in [0.1, 0.15) is 11.1 Å². The molecule has 2 aromatic carbocycles. The first-order valence-corrected chi connectivity index (χ1v) is 8.24. The highest BCUT2D eigenvalue weighted by atomic mass is 127. The van der Waals surface area contributed by atoms with Crippen LogP contribution in [-0.4, -0.2) is 18.1 Å². The fourth-order valence-corrected chi connectivity index (χ4v) is 2.14. The van der Waals surface area contributed by atoms with Crippen LogP contribution in [0, 0.1) is 10.5 Å². The minimum Gasteiger partial charge on any atom is -0.392 e. The Morgan fingerprint density at radius 2 is 1.50 bits per heavy atom. The first-order chi connectivity index (χ1) is 9.32. The van der Waals surface area contributed by atoms with Gasteiger partial charge in [-0.1, -0.05) is 29.8 Å². The molecule has 6 heteroatoms. The van der Waals surface area contributed by atoms with Crippen molar-refractivity contribution in [2.75, 3.05) is 0 Å². The number of hydrogen-bond donors (Lipinski definition) is 2. The zero-order chi connectivity index (χ0) is 15.2. The number of aryl methyl sites for hydroxylation is 1. The van der Waals surface area contributed by atoms with Crippen LogP contribution in [0.3, 0.4) is 0 Å². The molecule has 2 N–H and O–H groups in total. The maximum Gasteiger partial charge on any atom is 0.294 e. The summed E-state index contributed by atoms with van der Waals surface area (Å²) in [7, 11) is -4.02. The smallest absolute Gasteiger partial charge is 0.294 e. The van der Waals surface area contributed by atoms with E-state index in [4.69, 9.17) is 9.66 Å². The summed E-state index contributed by atoms with van der Waals surface area (Å²) in [4.78, 5) is -0.0666. The van der Waals surface area contributed by atoms with Gasteiger partial charge in [0.15, 0.2) is 0 Å². The molecule has 0 amide bonds. The van der Waals surface area contributed by atoms with Crippen molar-refractivity contribution in [3.05, 3.63) is 63.2 Å². The molecule has 0 spiro atoms. The Morgan fingerprint density at radius 3 is 1.90 bits per heavy atom. The summed E-state index contributed by atoms with van der Waals surface area (Å²) in [5.74, 6) is 0. The van der Waals surface area contributed by atoms with Gasteiger partial charge in [0, 0.05) is 3.57 Å². The molecule has 4 nitrogen and oxygen atoms in total. The third-order valence-electron chi connectivity index (χ3n) is 2.41. The lowest BCUT2D eigenvalue weighted by Gasteiger charge is -1.95. The second kappa shape index (κ2) is 7.72. The molecule has 108 valence electrons. The van der Waals surface area contributed by atoms with Crippen LogP contribution in [0.4, 0.5) is 0 Å². The molecule has 0 unspecified atom stereocenters. The van der Waals surface area contributed by atoms with Crippen molar-refractivity contribution in [2.45, 2.75) is 18.4 Å². The van der Waals surface area contributed by atoms with Crippen molar-refractivity contribution in [1.29, 1.82) is 0 Å². The molecule has 0 saturated carbocycles. The number of aliphatic hydroxyl groups is 1. The Balaban J connectivity index is 0.000000204. The molecule has 0 aliphatic heterocycles. The molecular weight excluding hydrogens is 391 g/mol. The zero-order valence-corrected chi connectivity index (χ0v) is 13.8. The van der Waals surface area contributed by atoms with E-state index in [9.17, 15) is 8.42 Å². The van der Waals surface area contributed by atoms with Gasteiger partial charge in [-0.05, 0) is 59.3 Å². The van der Waals surface area contributed by atoms with Crippen LogP contribution < -0.4 is 0 Å². The standard InChI is InChI=1S/C7H7IO.C7H8O3S/c8-7-3-1-6(5-9)2-4-7;1-6-2-4-7(5-3-6)11(8,9)10/h1-4,9H,5H2;2-5H,1H3,(H,8,9,10). The van der Waals surface area contributed by atoms with Crippen molar-refractivity contribution in [3.8, 4) is 0 Å². The van der Waals surface area contributed by atoms with Crippen molar-refractivity contribution in [1.82, 2.24) is 0 Å². The second-order valence-electron chi connectivity index (χ2n) is 4.07. The second-order valence-corrected chi connectivity index (χ2v) is 6.74. The Labute approximate surface area is 132 Å². The highest BCUT2D eigenvalue weighted by Crippen LogP contribution is 2.08. The molecule has 0 atom stereocenters. The molecule has 0 heterocycles. The quantitative estimate of drug-likeness (QED) is 0.594. The molecule has 0 aliphatic rings. The first kappa shape index (κ1) is 17.1. The van der Waals surface area contributed by atoms with Gasteiger partial charge < -0.3 is 5.11 Å². The predicted octanol–water partition coefficient (Wildman–Crippen LogP) is 3.03. The van der Waals surface area contributed by atoms with E-state index >= 15 is 0 Å². The fourth-order valence-electron chi connectivity index (χ4n) is 1.30. The van der Waals surface area contributed by atoms with E-state index in [1.165, 1.54) is 15.7 Å². The average Bonchev–Trinajstić information content (AvgIpc) is 2.40. The Kier molecular flexibility index (Phi) is 6.60. The SMILES string of the molecule is Cc1ccc(S(=O)(=O)O)cc1.OCc1ccc(I)cc1. The number of halogens is 1. The summed E-state index contributed by atoms with van der Waals surface area (Å²) in [6, 6.07) is 13.8. The average molecular weight is 406 g/mol. The van der Waals surface area contributed by atoms with Gasteiger partial charge >= 0.3 is 0 Å². The van der Waals surface area contributed by atoms with Crippen LogP contribution in [0.25, 0.3) is 0 Å². The van der Waals surface area contributed by atoms with Gasteiger partial charge in [-0.15, -0.1) is 0 Å². The normalized spacial score (nSPS) is 10.6. The van der Waals surface area contributed by atoms with Gasteiger partial charge in [0.2, 0.25) is 0 Å². The number of rotatable bonds is 2. The third kappa shape index (κ3) is 6.00. The summed E-state index contributed by atoms with van der Waals surface area (Å²) in [5.41, 5.74) is 1.92. The monoisotopic (exact) mass is 406 g/mol. The topological polar surface area (TPSA) is 74.6 Å². The number of aliphatic hydroxyl groups excluding tert-OH is 1. The van der Waals surface area contributed by atoms with Crippen LogP contribution in [0.5, 0.6) is 0 Å². The molecule has 0 radical (unpaired) electrons. The first-order valence-electron chi connectivity index (χ1n) is 5.72. The van der Waals surface area contributed by atoms with Crippen LogP contribution in [0.15, 0.2) is 53.4 Å². The Bertz CT molecular complexity index is 634. The lowest BCUT2D eigenvalue weighted by atomic mass is 10.2. The van der Waals surface area contributed by atoms with Gasteiger partial charge in [0.05, 0.1) is 11.5 Å². The lowest BCUT2D eigenvalue weighted by molar-refractivity contribution is 0.282. The van der Waals surface area contributed by atoms with Gasteiger partial charge in [0.25, 0.3) is 10.1 Å². The molecule has 20 heavy (non-hydrogen) atoms. The number of benzene rings is 2. The summed E-state index contributed by atoms with van der Waals surface area (Å²) in [6.45, 7) is 1.98. The largest absolute Gasteiger partial charge is 0.392 e. The van der Waals surface area contributed by atoms with E-state index in [1.54, 1.807) is 12.1 Å². The Morgan fingerprint density at radius 1 is 1.00 bits per heavy atom. The molecule has 2 rings (SSSR count). The molecule has 2 aromatic rings. The van der Waals surface area contributed by atoms with Crippen LogP contribution >= 0.6 is 22.6 Å². The van der Waals surface area contributed by atoms with E-state index in [1.807, 2.05) is 31.2 Å². The summed E-state index contributed by atoms with van der Waals surface area (Å²) < 4.78 is 30.8. The van der Waals surface area contributed by atoms with E-state index < -0.39 is 10.1 Å². The van der Waals surface area contributed by atoms with Crippen molar-refractivity contribution in [3.63, 3.8) is 0 Å². The number of hydrogen-bond acceptors (Lipinski definition) is 3. The highest BCUT2D eigenvalue weighted by molar-refractivity contribution is 14.1. The van der Waals surface area contributed by atoms with Crippen molar-refractivity contribution < 1.29 is 18.1 Å². The molecular formula is C14H15IO4S. The zero-order valence-electron chi connectivity index (χ0n) is 10.8.